The Labute approximate surface area is 216 Å². The lowest BCUT2D eigenvalue weighted by molar-refractivity contribution is -0.139. The van der Waals surface area contributed by atoms with Crippen molar-refractivity contribution in [3.63, 3.8) is 0 Å². The minimum atomic E-state index is -0.526. The number of imidazole rings is 1. The number of carbonyl (C=O) groups is 3. The van der Waals surface area contributed by atoms with E-state index < -0.39 is 5.97 Å². The molecule has 3 rings (SSSR count). The molecule has 0 saturated heterocycles. The van der Waals surface area contributed by atoms with Crippen LogP contribution in [0.4, 0.5) is 0 Å². The van der Waals surface area contributed by atoms with Gasteiger partial charge in [-0.1, -0.05) is 30.3 Å². The van der Waals surface area contributed by atoms with Gasteiger partial charge in [-0.2, -0.15) is 12.6 Å². The Hall–Kier alpha value is -3.37. The third-order valence-corrected chi connectivity index (χ3v) is 6.07. The highest BCUT2D eigenvalue weighted by Crippen LogP contribution is 2.27. The first-order chi connectivity index (χ1) is 17.5. The first-order valence-electron chi connectivity index (χ1n) is 11.9. The van der Waals surface area contributed by atoms with Gasteiger partial charge in [-0.05, 0) is 48.9 Å². The number of ether oxygens (including phenoxy) is 1. The maximum atomic E-state index is 12.6. The van der Waals surface area contributed by atoms with Crippen LogP contribution in [-0.2, 0) is 20.9 Å². The summed E-state index contributed by atoms with van der Waals surface area (Å²) in [5.74, 6) is 0.262. The highest BCUT2D eigenvalue weighted by Gasteiger charge is 2.22. The van der Waals surface area contributed by atoms with Gasteiger partial charge in [0.15, 0.2) is 0 Å². The van der Waals surface area contributed by atoms with Crippen molar-refractivity contribution in [1.29, 1.82) is 0 Å². The smallest absolute Gasteiger partial charge is 0.325 e. The van der Waals surface area contributed by atoms with E-state index in [-0.39, 0.29) is 24.3 Å². The van der Waals surface area contributed by atoms with Crippen molar-refractivity contribution in [1.82, 2.24) is 20.2 Å². The van der Waals surface area contributed by atoms with Crippen LogP contribution in [0.5, 0.6) is 0 Å². The first-order valence-corrected chi connectivity index (χ1v) is 12.6. The molecule has 4 N–H and O–H groups in total. The van der Waals surface area contributed by atoms with E-state index in [2.05, 4.69) is 32.6 Å². The summed E-state index contributed by atoms with van der Waals surface area (Å²) in [5.41, 5.74) is 8.84. The fourth-order valence-corrected chi connectivity index (χ4v) is 4.18. The number of methoxy groups -OCH3 is 1. The molecule has 3 aromatic rings. The number of nitrogens with two attached hydrogens (primary N) is 1. The summed E-state index contributed by atoms with van der Waals surface area (Å²) in [6.45, 7) is 1.33. The molecule has 0 aliphatic heterocycles. The zero-order chi connectivity index (χ0) is 25.9. The molecule has 1 unspecified atom stereocenters. The second-order valence-corrected chi connectivity index (χ2v) is 8.86. The van der Waals surface area contributed by atoms with Gasteiger partial charge in [0.2, 0.25) is 5.91 Å². The first kappa shape index (κ1) is 27.2. The second kappa shape index (κ2) is 13.6. The maximum absolute atomic E-state index is 12.6. The van der Waals surface area contributed by atoms with Crippen LogP contribution in [0, 0.1) is 0 Å². The highest BCUT2D eigenvalue weighted by atomic mass is 32.1. The monoisotopic (exact) mass is 511 g/mol. The molecule has 9 nitrogen and oxygen atoms in total. The van der Waals surface area contributed by atoms with Crippen LogP contribution < -0.4 is 16.4 Å². The number of hydrogen-bond donors (Lipinski definition) is 4. The molecule has 1 aromatic heterocycles. The van der Waals surface area contributed by atoms with Crippen molar-refractivity contribution in [2.75, 3.05) is 32.5 Å². The van der Waals surface area contributed by atoms with E-state index in [1.165, 1.54) is 7.11 Å². The number of fused-ring (bicyclic) bond motifs is 1. The number of rotatable bonds is 13. The lowest BCUT2D eigenvalue weighted by atomic mass is 10.0. The van der Waals surface area contributed by atoms with E-state index in [1.807, 2.05) is 36.4 Å². The van der Waals surface area contributed by atoms with Crippen molar-refractivity contribution in [2.45, 2.75) is 31.7 Å². The second-order valence-electron chi connectivity index (χ2n) is 8.41. The minimum absolute atomic E-state index is 0.0574. The molecule has 0 fully saturated rings. The predicted molar refractivity (Wildman–Crippen MR) is 142 cm³/mol. The Balaban J connectivity index is 1.99. The molecule has 10 heteroatoms. The Kier molecular flexibility index (Phi) is 10.3. The fraction of sp³-hybridized carbons (Fsp3) is 0.385. The van der Waals surface area contributed by atoms with Gasteiger partial charge in [-0.3, -0.25) is 14.4 Å². The van der Waals surface area contributed by atoms with Gasteiger partial charge in [0.05, 0.1) is 18.1 Å². The van der Waals surface area contributed by atoms with Crippen molar-refractivity contribution in [3.8, 4) is 0 Å². The predicted octanol–water partition coefficient (Wildman–Crippen LogP) is 2.25. The fourth-order valence-electron chi connectivity index (χ4n) is 3.97. The van der Waals surface area contributed by atoms with Gasteiger partial charge in [-0.25, -0.2) is 4.98 Å². The molecule has 0 aliphatic carbocycles. The van der Waals surface area contributed by atoms with Crippen molar-refractivity contribution < 1.29 is 19.1 Å². The Morgan fingerprint density at radius 2 is 1.92 bits per heavy atom. The number of aromatic nitrogens is 2. The molecule has 1 atom stereocenters. The number of benzene rings is 2. The minimum Gasteiger partial charge on any atom is -0.468 e. The van der Waals surface area contributed by atoms with Crippen LogP contribution in [0.1, 0.15) is 46.9 Å². The highest BCUT2D eigenvalue weighted by molar-refractivity contribution is 7.80. The van der Waals surface area contributed by atoms with Gasteiger partial charge in [0, 0.05) is 31.0 Å². The average Bonchev–Trinajstić information content (AvgIpc) is 3.25. The molecule has 0 aliphatic rings. The Morgan fingerprint density at radius 1 is 1.14 bits per heavy atom. The molecular weight excluding hydrogens is 478 g/mol. The van der Waals surface area contributed by atoms with Crippen molar-refractivity contribution in [3.05, 3.63) is 65.5 Å². The van der Waals surface area contributed by atoms with E-state index in [0.717, 1.165) is 29.7 Å². The molecule has 0 spiro atoms. The number of carbonyl (C=O) groups excluding carboxylic acids is 3. The van der Waals surface area contributed by atoms with Crippen molar-refractivity contribution in [2.24, 2.45) is 5.73 Å². The lowest BCUT2D eigenvalue weighted by Gasteiger charge is -2.19. The third kappa shape index (κ3) is 7.32. The van der Waals surface area contributed by atoms with Crippen LogP contribution in [-0.4, -0.2) is 59.8 Å². The van der Waals surface area contributed by atoms with Gasteiger partial charge >= 0.3 is 5.97 Å². The number of hydrogen-bond acceptors (Lipinski definition) is 7. The van der Waals surface area contributed by atoms with E-state index >= 15 is 0 Å². The zero-order valence-corrected chi connectivity index (χ0v) is 21.3. The summed E-state index contributed by atoms with van der Waals surface area (Å²) in [6, 6.07) is 15.3. The molecule has 0 bridgehead atoms. The van der Waals surface area contributed by atoms with Crippen LogP contribution in [0.2, 0.25) is 0 Å². The van der Waals surface area contributed by atoms with Gasteiger partial charge in [0.1, 0.15) is 12.4 Å². The van der Waals surface area contributed by atoms with E-state index in [1.54, 1.807) is 12.1 Å². The number of thiol groups is 1. The average molecular weight is 512 g/mol. The summed E-state index contributed by atoms with van der Waals surface area (Å²) in [5, 5.41) is 5.55. The van der Waals surface area contributed by atoms with Gasteiger partial charge < -0.3 is 25.7 Å². The molecule has 0 radical (unpaired) electrons. The topological polar surface area (TPSA) is 128 Å². The third-order valence-electron chi connectivity index (χ3n) is 5.85. The van der Waals surface area contributed by atoms with Crippen LogP contribution in [0.15, 0.2) is 48.5 Å². The summed E-state index contributed by atoms with van der Waals surface area (Å²) < 4.78 is 6.72. The summed E-state index contributed by atoms with van der Waals surface area (Å²) in [7, 11) is 1.27. The summed E-state index contributed by atoms with van der Waals surface area (Å²) >= 11 is 4.14. The molecule has 1 heterocycles. The van der Waals surface area contributed by atoms with Crippen LogP contribution in [0.25, 0.3) is 11.0 Å². The van der Waals surface area contributed by atoms with Gasteiger partial charge in [0.25, 0.3) is 5.91 Å². The zero-order valence-electron chi connectivity index (χ0n) is 20.4. The van der Waals surface area contributed by atoms with E-state index in [9.17, 15) is 14.4 Å². The Bertz CT molecular complexity index is 1180. The molecule has 2 amide bonds. The summed E-state index contributed by atoms with van der Waals surface area (Å²) in [6.07, 6.45) is 1.88. The number of nitrogens with one attached hydrogen (secondary N) is 2. The Morgan fingerprint density at radius 3 is 2.61 bits per heavy atom. The number of esters is 1. The SMILES string of the molecule is COC(=O)CNC(=O)c1ccc2c(c1)nc(C(CCCN)CNC(=O)CCS)n2Cc1ccccc1. The van der Waals surface area contributed by atoms with Gasteiger partial charge in [-0.15, -0.1) is 0 Å². The maximum Gasteiger partial charge on any atom is 0.325 e. The molecule has 2 aromatic carbocycles. The van der Waals surface area contributed by atoms with E-state index in [0.29, 0.717) is 42.9 Å². The molecule has 0 saturated carbocycles. The number of amides is 2. The standard InChI is InChI=1S/C26H33N5O4S/c1-35-24(33)16-29-26(34)19-9-10-22-21(14-19)30-25(31(22)17-18-6-3-2-4-7-18)20(8-5-12-27)15-28-23(32)11-13-36/h2-4,6-7,9-10,14,20,36H,5,8,11-13,15-17,27H2,1H3,(H,28,32)(H,29,34). The summed E-state index contributed by atoms with van der Waals surface area (Å²) in [4.78, 5) is 41.1. The van der Waals surface area contributed by atoms with E-state index in [4.69, 9.17) is 10.7 Å². The number of nitrogens with zero attached hydrogens (tertiary/aromatic N) is 2. The normalized spacial score (nSPS) is 11.8. The van der Waals surface area contributed by atoms with Crippen LogP contribution >= 0.6 is 12.6 Å². The lowest BCUT2D eigenvalue weighted by Crippen LogP contribution is -2.30. The quantitative estimate of drug-likeness (QED) is 0.206. The molecule has 192 valence electrons. The van der Waals surface area contributed by atoms with Crippen LogP contribution in [0.3, 0.4) is 0 Å². The largest absolute Gasteiger partial charge is 0.468 e. The molecular formula is C26H33N5O4S. The van der Waals surface area contributed by atoms with Crippen molar-refractivity contribution >= 4 is 41.4 Å². The molecule has 36 heavy (non-hydrogen) atoms.